The molecular formula is C16H13F3N2O4. The van der Waals surface area contributed by atoms with Crippen LogP contribution in [0, 0.1) is 5.41 Å². The second kappa shape index (κ2) is 7.12. The summed E-state index contributed by atoms with van der Waals surface area (Å²) in [7, 11) is 0. The number of carbonyl (C=O) groups excluding carboxylic acids is 1. The van der Waals surface area contributed by atoms with Gasteiger partial charge in [0.1, 0.15) is 12.4 Å². The zero-order chi connectivity index (χ0) is 18.6. The van der Waals surface area contributed by atoms with Gasteiger partial charge in [-0.15, -0.1) is 0 Å². The van der Waals surface area contributed by atoms with Crippen molar-refractivity contribution >= 4 is 11.8 Å². The molecule has 2 rings (SSSR count). The van der Waals surface area contributed by atoms with Gasteiger partial charge in [-0.25, -0.2) is 4.79 Å². The highest BCUT2D eigenvalue weighted by atomic mass is 19.4. The van der Waals surface area contributed by atoms with Crippen molar-refractivity contribution in [3.8, 4) is 17.2 Å². The van der Waals surface area contributed by atoms with Crippen LogP contribution in [0.25, 0.3) is 0 Å². The molecule has 9 heteroatoms. The number of alkyl halides is 3. The molecule has 2 aromatic rings. The average Bonchev–Trinajstić information content (AvgIpc) is 2.55. The number of nitrogens with two attached hydrogens (primary N) is 1. The van der Waals surface area contributed by atoms with Crippen molar-refractivity contribution in [3.05, 3.63) is 53.6 Å². The molecule has 25 heavy (non-hydrogen) atoms. The minimum Gasteiger partial charge on any atom is -0.502 e. The van der Waals surface area contributed by atoms with Gasteiger partial charge in [0.15, 0.2) is 11.5 Å². The maximum absolute atomic E-state index is 12.3. The number of benzene rings is 2. The second-order valence-electron chi connectivity index (χ2n) is 4.86. The first-order valence-electron chi connectivity index (χ1n) is 6.86. The van der Waals surface area contributed by atoms with Crippen LogP contribution in [0.4, 0.5) is 13.2 Å². The van der Waals surface area contributed by atoms with Gasteiger partial charge in [-0.05, 0) is 17.7 Å². The Hall–Kier alpha value is -3.23. The third-order valence-electron chi connectivity index (χ3n) is 3.04. The number of hydrogen-bond acceptors (Lipinski definition) is 5. The zero-order valence-corrected chi connectivity index (χ0v) is 12.6. The summed E-state index contributed by atoms with van der Waals surface area (Å²) in [5.74, 6) is -4.94. The molecule has 132 valence electrons. The topological polar surface area (TPSA) is 106 Å². The molecule has 0 saturated heterocycles. The molecule has 0 spiro atoms. The first-order chi connectivity index (χ1) is 11.7. The number of hydrogen-bond donors (Lipinski definition) is 3. The maximum atomic E-state index is 12.3. The van der Waals surface area contributed by atoms with Crippen molar-refractivity contribution < 1.29 is 32.5 Å². The summed E-state index contributed by atoms with van der Waals surface area (Å²) in [6.07, 6.45) is -5.23. The van der Waals surface area contributed by atoms with Crippen LogP contribution in [0.5, 0.6) is 17.2 Å². The predicted octanol–water partition coefficient (Wildman–Crippen LogP) is 2.72. The Balaban J connectivity index is 2.33. The van der Waals surface area contributed by atoms with Crippen LogP contribution in [-0.4, -0.2) is 23.1 Å². The number of nitrogen functional groups attached to an aromatic ring is 1. The molecule has 2 aromatic carbocycles. The van der Waals surface area contributed by atoms with Gasteiger partial charge in [-0.1, -0.05) is 30.3 Å². The van der Waals surface area contributed by atoms with E-state index in [2.05, 4.69) is 4.74 Å². The van der Waals surface area contributed by atoms with Crippen LogP contribution in [0.2, 0.25) is 0 Å². The summed E-state index contributed by atoms with van der Waals surface area (Å²) in [5.41, 5.74) is 6.02. The molecule has 0 bridgehead atoms. The third kappa shape index (κ3) is 4.40. The van der Waals surface area contributed by atoms with Crippen LogP contribution >= 0.6 is 0 Å². The average molecular weight is 354 g/mol. The summed E-state index contributed by atoms with van der Waals surface area (Å²) in [4.78, 5) is 10.9. The molecule has 0 atom stereocenters. The van der Waals surface area contributed by atoms with Crippen LogP contribution in [-0.2, 0) is 11.4 Å². The van der Waals surface area contributed by atoms with E-state index in [1.165, 1.54) is 0 Å². The number of rotatable bonds is 5. The van der Waals surface area contributed by atoms with Gasteiger partial charge in [0.05, 0.1) is 5.56 Å². The number of esters is 1. The van der Waals surface area contributed by atoms with Crippen LogP contribution in [0.15, 0.2) is 42.5 Å². The van der Waals surface area contributed by atoms with Crippen molar-refractivity contribution in [1.82, 2.24) is 0 Å². The Morgan fingerprint density at radius 3 is 2.36 bits per heavy atom. The Morgan fingerprint density at radius 1 is 1.16 bits per heavy atom. The van der Waals surface area contributed by atoms with Crippen molar-refractivity contribution in [2.24, 2.45) is 5.73 Å². The van der Waals surface area contributed by atoms with E-state index >= 15 is 0 Å². The minimum atomic E-state index is -5.23. The van der Waals surface area contributed by atoms with Crippen molar-refractivity contribution in [2.45, 2.75) is 12.8 Å². The molecule has 0 fully saturated rings. The number of ether oxygens (including phenoxy) is 2. The van der Waals surface area contributed by atoms with E-state index in [9.17, 15) is 23.1 Å². The molecule has 0 saturated carbocycles. The molecule has 0 aromatic heterocycles. The highest BCUT2D eigenvalue weighted by Crippen LogP contribution is 2.40. The van der Waals surface area contributed by atoms with Gasteiger partial charge in [0.25, 0.3) is 0 Å². The number of nitrogens with one attached hydrogen (secondary N) is 1. The summed E-state index contributed by atoms with van der Waals surface area (Å²) in [6, 6.07) is 10.7. The monoisotopic (exact) mass is 354 g/mol. The van der Waals surface area contributed by atoms with E-state index in [1.54, 1.807) is 30.3 Å². The second-order valence-corrected chi connectivity index (χ2v) is 4.86. The van der Waals surface area contributed by atoms with E-state index in [1.807, 2.05) is 0 Å². The van der Waals surface area contributed by atoms with E-state index in [0.717, 1.165) is 12.1 Å². The molecule has 4 N–H and O–H groups in total. The normalized spacial score (nSPS) is 11.0. The van der Waals surface area contributed by atoms with Crippen LogP contribution in [0.1, 0.15) is 11.1 Å². The lowest BCUT2D eigenvalue weighted by Crippen LogP contribution is -2.28. The summed E-state index contributed by atoms with van der Waals surface area (Å²) in [5, 5.41) is 17.6. The Morgan fingerprint density at radius 2 is 1.80 bits per heavy atom. The minimum absolute atomic E-state index is 0.0502. The Kier molecular flexibility index (Phi) is 5.16. The zero-order valence-electron chi connectivity index (χ0n) is 12.6. The van der Waals surface area contributed by atoms with E-state index < -0.39 is 29.5 Å². The number of carbonyl (C=O) groups is 1. The Labute approximate surface area is 140 Å². The van der Waals surface area contributed by atoms with Gasteiger partial charge in [0.2, 0.25) is 5.75 Å². The lowest BCUT2D eigenvalue weighted by Gasteiger charge is -2.15. The predicted molar refractivity (Wildman–Crippen MR) is 81.6 cm³/mol. The van der Waals surface area contributed by atoms with Gasteiger partial charge < -0.3 is 20.3 Å². The number of amidine groups is 1. The van der Waals surface area contributed by atoms with Crippen molar-refractivity contribution in [2.75, 3.05) is 0 Å². The highest BCUT2D eigenvalue weighted by molar-refractivity contribution is 5.99. The molecule has 0 aliphatic carbocycles. The lowest BCUT2D eigenvalue weighted by atomic mass is 10.1. The van der Waals surface area contributed by atoms with Crippen LogP contribution in [0.3, 0.4) is 0 Å². The van der Waals surface area contributed by atoms with E-state index in [4.69, 9.17) is 15.9 Å². The molecule has 6 nitrogen and oxygen atoms in total. The molecule has 0 unspecified atom stereocenters. The first-order valence-corrected chi connectivity index (χ1v) is 6.86. The largest absolute Gasteiger partial charge is 0.502 e. The van der Waals surface area contributed by atoms with Gasteiger partial charge in [-0.3, -0.25) is 5.41 Å². The SMILES string of the molecule is N=C(N)c1ccc(OC(=O)C(F)(F)F)c(O)c1OCc1ccccc1. The molecule has 0 amide bonds. The molecule has 0 radical (unpaired) electrons. The Bertz CT molecular complexity index is 792. The highest BCUT2D eigenvalue weighted by Gasteiger charge is 2.42. The van der Waals surface area contributed by atoms with Crippen LogP contribution < -0.4 is 15.2 Å². The quantitative estimate of drug-likeness (QED) is 0.331. The van der Waals surface area contributed by atoms with Gasteiger partial charge in [0, 0.05) is 0 Å². The molecule has 0 aliphatic rings. The number of halogens is 3. The molecular weight excluding hydrogens is 341 g/mol. The van der Waals surface area contributed by atoms with Crippen molar-refractivity contribution in [1.29, 1.82) is 5.41 Å². The van der Waals surface area contributed by atoms with Crippen molar-refractivity contribution in [3.63, 3.8) is 0 Å². The summed E-state index contributed by atoms with van der Waals surface area (Å²) in [6.45, 7) is -0.0502. The fraction of sp³-hybridized carbons (Fsp3) is 0.125. The standard InChI is InChI=1S/C16H13F3N2O4/c17-16(18,19)15(23)25-11-7-6-10(14(20)21)13(12(11)22)24-8-9-4-2-1-3-5-9/h1-7,22H,8H2,(H3,20,21). The fourth-order valence-corrected chi connectivity index (χ4v) is 1.88. The van der Waals surface area contributed by atoms with E-state index in [-0.39, 0.29) is 17.9 Å². The third-order valence-corrected chi connectivity index (χ3v) is 3.04. The van der Waals surface area contributed by atoms with Gasteiger partial charge >= 0.3 is 12.1 Å². The smallest absolute Gasteiger partial charge is 0.491 e. The molecule has 0 aliphatic heterocycles. The number of aromatic hydroxyl groups is 1. The van der Waals surface area contributed by atoms with E-state index in [0.29, 0.717) is 5.56 Å². The summed E-state index contributed by atoms with van der Waals surface area (Å²) >= 11 is 0. The summed E-state index contributed by atoms with van der Waals surface area (Å²) < 4.78 is 46.4. The number of phenolic OH excluding ortho intramolecular Hbond substituents is 1. The lowest BCUT2D eigenvalue weighted by molar-refractivity contribution is -0.189. The fourth-order valence-electron chi connectivity index (χ4n) is 1.88. The number of phenols is 1. The first kappa shape index (κ1) is 18.1. The van der Waals surface area contributed by atoms with Gasteiger partial charge in [-0.2, -0.15) is 13.2 Å². The maximum Gasteiger partial charge on any atom is 0.491 e. The molecule has 0 heterocycles.